The first-order chi connectivity index (χ1) is 9.49. The van der Waals surface area contributed by atoms with Gasteiger partial charge in [-0.05, 0) is 25.7 Å². The van der Waals surface area contributed by atoms with Gasteiger partial charge in [0.05, 0.1) is 12.4 Å². The van der Waals surface area contributed by atoms with E-state index in [0.29, 0.717) is 12.5 Å². The highest BCUT2D eigenvalue weighted by molar-refractivity contribution is 5.93. The van der Waals surface area contributed by atoms with E-state index in [1.165, 1.54) is 6.20 Å². The number of rotatable bonds is 2. The second-order valence-electron chi connectivity index (χ2n) is 5.43. The lowest BCUT2D eigenvalue weighted by Gasteiger charge is -2.28. The molecule has 6 heteroatoms. The summed E-state index contributed by atoms with van der Waals surface area (Å²) >= 11 is 0. The molecule has 1 amide bonds. The molecular formula is C14H19N3O3. The van der Waals surface area contributed by atoms with Crippen molar-refractivity contribution in [1.82, 2.24) is 14.9 Å². The Balaban J connectivity index is 2.18. The number of carbonyl (C=O) groups is 2. The fraction of sp³-hybridized carbons (Fsp3) is 0.571. The fourth-order valence-corrected chi connectivity index (χ4v) is 2.50. The van der Waals surface area contributed by atoms with E-state index in [9.17, 15) is 9.59 Å². The zero-order valence-electron chi connectivity index (χ0n) is 11.7. The van der Waals surface area contributed by atoms with E-state index in [1.807, 2.05) is 11.8 Å². The molecule has 2 unspecified atom stereocenters. The molecule has 0 aliphatic carbocycles. The number of amides is 1. The third kappa shape index (κ3) is 3.12. The Bertz CT molecular complexity index is 501. The zero-order valence-corrected chi connectivity index (χ0v) is 11.7. The summed E-state index contributed by atoms with van der Waals surface area (Å²) in [6.45, 7) is 4.88. The Morgan fingerprint density at radius 2 is 1.85 bits per heavy atom. The Hall–Kier alpha value is -1.98. The van der Waals surface area contributed by atoms with E-state index in [4.69, 9.17) is 5.11 Å². The van der Waals surface area contributed by atoms with Crippen molar-refractivity contribution >= 4 is 11.9 Å². The molecule has 1 fully saturated rings. The Labute approximate surface area is 117 Å². The molecule has 1 aromatic heterocycles. The predicted molar refractivity (Wildman–Crippen MR) is 72.5 cm³/mol. The number of likely N-dealkylation sites (tertiary alicyclic amines) is 1. The summed E-state index contributed by atoms with van der Waals surface area (Å²) < 4.78 is 0. The average Bonchev–Trinajstić information content (AvgIpc) is 2.59. The van der Waals surface area contributed by atoms with Crippen LogP contribution in [0.5, 0.6) is 0 Å². The first kappa shape index (κ1) is 14.4. The predicted octanol–water partition coefficient (Wildman–Crippen LogP) is 1.83. The summed E-state index contributed by atoms with van der Waals surface area (Å²) in [5, 5.41) is 8.78. The normalized spacial score (nSPS) is 23.2. The van der Waals surface area contributed by atoms with Crippen molar-refractivity contribution in [1.29, 1.82) is 0 Å². The van der Waals surface area contributed by atoms with Crippen LogP contribution in [0.4, 0.5) is 0 Å². The molecule has 1 aliphatic heterocycles. The fourth-order valence-electron chi connectivity index (χ4n) is 2.50. The van der Waals surface area contributed by atoms with Gasteiger partial charge in [0.25, 0.3) is 5.91 Å². The van der Waals surface area contributed by atoms with Gasteiger partial charge in [-0.1, -0.05) is 13.3 Å². The zero-order chi connectivity index (χ0) is 14.7. The first-order valence-electron chi connectivity index (χ1n) is 6.85. The highest BCUT2D eigenvalue weighted by Crippen LogP contribution is 2.21. The minimum atomic E-state index is -1.15. The second-order valence-corrected chi connectivity index (χ2v) is 5.43. The maximum Gasteiger partial charge on any atom is 0.356 e. The van der Waals surface area contributed by atoms with Crippen LogP contribution in [0.15, 0.2) is 12.4 Å². The van der Waals surface area contributed by atoms with Crippen molar-refractivity contribution in [2.45, 2.75) is 39.2 Å². The van der Waals surface area contributed by atoms with Crippen molar-refractivity contribution in [3.8, 4) is 0 Å². The van der Waals surface area contributed by atoms with E-state index >= 15 is 0 Å². The first-order valence-corrected chi connectivity index (χ1v) is 6.85. The van der Waals surface area contributed by atoms with Crippen LogP contribution in [-0.4, -0.2) is 44.4 Å². The van der Waals surface area contributed by atoms with Gasteiger partial charge in [0, 0.05) is 12.6 Å². The topological polar surface area (TPSA) is 83.4 Å². The molecule has 0 radical (unpaired) electrons. The molecule has 0 bridgehead atoms. The van der Waals surface area contributed by atoms with Crippen LogP contribution in [-0.2, 0) is 0 Å². The number of carbonyl (C=O) groups excluding carboxylic acids is 1. The van der Waals surface area contributed by atoms with Crippen molar-refractivity contribution in [2.24, 2.45) is 5.92 Å². The third-order valence-corrected chi connectivity index (χ3v) is 3.71. The minimum absolute atomic E-state index is 0.154. The summed E-state index contributed by atoms with van der Waals surface area (Å²) in [6.07, 6.45) is 5.60. The third-order valence-electron chi connectivity index (χ3n) is 3.71. The number of aromatic carboxylic acids is 1. The molecule has 6 nitrogen and oxygen atoms in total. The molecule has 0 spiro atoms. The average molecular weight is 277 g/mol. The number of hydrogen-bond donors (Lipinski definition) is 1. The molecule has 1 aromatic rings. The maximum atomic E-state index is 12.5. The van der Waals surface area contributed by atoms with Crippen LogP contribution < -0.4 is 0 Å². The van der Waals surface area contributed by atoms with E-state index < -0.39 is 5.97 Å². The van der Waals surface area contributed by atoms with E-state index in [2.05, 4.69) is 16.9 Å². The van der Waals surface area contributed by atoms with Crippen LogP contribution >= 0.6 is 0 Å². The van der Waals surface area contributed by atoms with Crippen LogP contribution in [0, 0.1) is 5.92 Å². The Morgan fingerprint density at radius 1 is 1.20 bits per heavy atom. The lowest BCUT2D eigenvalue weighted by molar-refractivity contribution is 0.0660. The van der Waals surface area contributed by atoms with Crippen LogP contribution in [0.25, 0.3) is 0 Å². The van der Waals surface area contributed by atoms with Gasteiger partial charge in [-0.3, -0.25) is 4.79 Å². The number of carboxylic acid groups (broad SMARTS) is 1. The largest absolute Gasteiger partial charge is 0.476 e. The van der Waals surface area contributed by atoms with Crippen molar-refractivity contribution in [3.05, 3.63) is 23.8 Å². The highest BCUT2D eigenvalue weighted by Gasteiger charge is 2.27. The smallest absolute Gasteiger partial charge is 0.356 e. The Morgan fingerprint density at radius 3 is 2.45 bits per heavy atom. The molecule has 1 saturated heterocycles. The van der Waals surface area contributed by atoms with Gasteiger partial charge in [-0.2, -0.15) is 0 Å². The number of nitrogens with zero attached hydrogens (tertiary/aromatic N) is 3. The highest BCUT2D eigenvalue weighted by atomic mass is 16.4. The monoisotopic (exact) mass is 277 g/mol. The lowest BCUT2D eigenvalue weighted by atomic mass is 10.1. The standard InChI is InChI=1S/C14H19N3O3/c1-9-4-3-5-10(2)17(8-9)13(18)11-6-16-12(7-15-11)14(19)20/h6-7,9-10H,3-5,8H2,1-2H3,(H,19,20). The molecular weight excluding hydrogens is 258 g/mol. The van der Waals surface area contributed by atoms with Gasteiger partial charge >= 0.3 is 5.97 Å². The molecule has 1 N–H and O–H groups in total. The summed E-state index contributed by atoms with van der Waals surface area (Å²) in [5.74, 6) is -0.848. The number of hydrogen-bond acceptors (Lipinski definition) is 4. The molecule has 2 rings (SSSR count). The van der Waals surface area contributed by atoms with Crippen molar-refractivity contribution in [2.75, 3.05) is 6.54 Å². The molecule has 1 aliphatic rings. The summed E-state index contributed by atoms with van der Waals surface area (Å²) in [6, 6.07) is 0.174. The molecule has 0 aromatic carbocycles. The van der Waals surface area contributed by atoms with E-state index in [-0.39, 0.29) is 23.3 Å². The van der Waals surface area contributed by atoms with Gasteiger partial charge in [0.15, 0.2) is 5.69 Å². The van der Waals surface area contributed by atoms with Gasteiger partial charge in [0.1, 0.15) is 5.69 Å². The van der Waals surface area contributed by atoms with Crippen molar-refractivity contribution < 1.29 is 14.7 Å². The minimum Gasteiger partial charge on any atom is -0.476 e. The van der Waals surface area contributed by atoms with E-state index in [0.717, 1.165) is 25.5 Å². The van der Waals surface area contributed by atoms with Gasteiger partial charge < -0.3 is 10.0 Å². The molecule has 0 saturated carbocycles. The lowest BCUT2D eigenvalue weighted by Crippen LogP contribution is -2.40. The molecule has 20 heavy (non-hydrogen) atoms. The SMILES string of the molecule is CC1CCCC(C)N(C(=O)c2cnc(C(=O)O)cn2)C1. The molecule has 2 heterocycles. The van der Waals surface area contributed by atoms with Crippen LogP contribution in [0.2, 0.25) is 0 Å². The van der Waals surface area contributed by atoms with E-state index in [1.54, 1.807) is 0 Å². The van der Waals surface area contributed by atoms with Gasteiger partial charge in [0.2, 0.25) is 0 Å². The Kier molecular flexibility index (Phi) is 4.32. The van der Waals surface area contributed by atoms with Crippen LogP contribution in [0.1, 0.15) is 54.1 Å². The van der Waals surface area contributed by atoms with Gasteiger partial charge in [-0.15, -0.1) is 0 Å². The van der Waals surface area contributed by atoms with Gasteiger partial charge in [-0.25, -0.2) is 14.8 Å². The van der Waals surface area contributed by atoms with Crippen LogP contribution in [0.3, 0.4) is 0 Å². The maximum absolute atomic E-state index is 12.5. The molecule has 2 atom stereocenters. The summed E-state index contributed by atoms with van der Waals surface area (Å²) in [5.41, 5.74) is 0.0507. The number of aromatic nitrogens is 2. The number of carboxylic acids is 1. The second kappa shape index (κ2) is 5.98. The quantitative estimate of drug-likeness (QED) is 0.891. The molecule has 108 valence electrons. The summed E-state index contributed by atoms with van der Waals surface area (Å²) in [7, 11) is 0. The van der Waals surface area contributed by atoms with Crippen molar-refractivity contribution in [3.63, 3.8) is 0 Å². The summed E-state index contributed by atoms with van der Waals surface area (Å²) in [4.78, 5) is 32.7.